The number of aliphatic hydroxyl groups is 2. The predicted molar refractivity (Wildman–Crippen MR) is 252 cm³/mol. The molecule has 2 saturated heterocycles. The zero-order valence-electron chi connectivity index (χ0n) is 33.7. The minimum absolute atomic E-state index is 0. The molecule has 34 nitrogen and oxygen atoms in total. The van der Waals surface area contributed by atoms with Gasteiger partial charge in [0.1, 0.15) is 18.3 Å². The van der Waals surface area contributed by atoms with Gasteiger partial charge in [-0.1, -0.05) is 51.3 Å². The number of rotatable bonds is 21. The lowest BCUT2D eigenvalue weighted by Crippen LogP contribution is -2.37. The van der Waals surface area contributed by atoms with Gasteiger partial charge in [0.05, 0.1) is 48.8 Å². The van der Waals surface area contributed by atoms with Gasteiger partial charge in [0.15, 0.2) is 0 Å². The number of carbonyl (C=O) groups excluding carboxylic acids is 1. The highest BCUT2D eigenvalue weighted by Crippen LogP contribution is 2.67. The maximum absolute atomic E-state index is 12.4. The summed E-state index contributed by atoms with van der Waals surface area (Å²) in [7, 11) is -30.5. The number of phosphoric ester groups is 2. The summed E-state index contributed by atoms with van der Waals surface area (Å²) in [5.41, 5.74) is -3.78. The lowest BCUT2D eigenvalue weighted by atomic mass is 10.1. The summed E-state index contributed by atoms with van der Waals surface area (Å²) in [5.74, 6) is 0.424. The number of aromatic amines is 2. The Morgan fingerprint density at radius 3 is 1.45 bits per heavy atom. The van der Waals surface area contributed by atoms with Crippen molar-refractivity contribution in [1.29, 1.82) is 0 Å². The average molecular weight is 1210 g/mol. The van der Waals surface area contributed by atoms with Crippen molar-refractivity contribution in [1.82, 2.24) is 18.5 Å². The van der Waals surface area contributed by atoms with E-state index in [1.165, 1.54) is 27.8 Å². The van der Waals surface area contributed by atoms with E-state index >= 15 is 0 Å². The maximum Gasteiger partial charge on any atom is 0.490 e. The normalized spacial score (nSPS) is 23.7. The Bertz CT molecular complexity index is 2620. The third-order valence-corrected chi connectivity index (χ3v) is 18.0. The highest BCUT2D eigenvalue weighted by molar-refractivity contribution is 8.76. The number of phosphoric acid groups is 6. The van der Waals surface area contributed by atoms with Crippen LogP contribution in [0.4, 0.5) is 4.79 Å². The van der Waals surface area contributed by atoms with Gasteiger partial charge in [0, 0.05) is 37.2 Å². The Balaban J connectivity index is 0. The summed E-state index contributed by atoms with van der Waals surface area (Å²) in [6, 6.07) is 0. The van der Waals surface area contributed by atoms with Crippen molar-refractivity contribution in [3.05, 3.63) is 65.2 Å². The number of nitrogens with zero attached hydrogens (tertiary/aromatic N) is 2. The molecule has 0 spiro atoms. The number of nitrogens with one attached hydrogen (secondary N) is 2. The SMILES string of the molecule is C.C.C.C.CSSCC(C)OC(=O)n1cc([C@H]2CC(O)[C@@H](COP(=O)(O)OP(=O)(O)OP(=O)(O)O)O2)c(=O)[nH]c1=O.CSn1cc([C@H]2CC(O)[C@@H](COP(=O)(O)OP(=O)(O)OP(=O)(O)O)O2)c(=O)[nH]c1=O. The van der Waals surface area contributed by atoms with Crippen LogP contribution in [0.1, 0.15) is 72.8 Å². The van der Waals surface area contributed by atoms with Gasteiger partial charge in [-0.05, 0) is 25.1 Å². The third kappa shape index (κ3) is 24.0. The number of aromatic nitrogens is 4. The van der Waals surface area contributed by atoms with E-state index in [0.717, 1.165) is 22.1 Å². The molecule has 11 atom stereocenters. The molecule has 0 radical (unpaired) electrons. The molecule has 12 N–H and O–H groups in total. The summed E-state index contributed by atoms with van der Waals surface area (Å²) in [6.45, 7) is -0.246. The summed E-state index contributed by atoms with van der Waals surface area (Å²) < 4.78 is 108. The van der Waals surface area contributed by atoms with E-state index < -0.39 is 131 Å². The summed E-state index contributed by atoms with van der Waals surface area (Å²) in [6.07, 6.45) is -4.38. The molecule has 2 aromatic heterocycles. The maximum atomic E-state index is 12.4. The first kappa shape index (κ1) is 71.6. The van der Waals surface area contributed by atoms with Crippen LogP contribution in [0.5, 0.6) is 0 Å². The first-order valence-electron chi connectivity index (χ1n) is 17.4. The smallest absolute Gasteiger partial charge is 0.445 e. The summed E-state index contributed by atoms with van der Waals surface area (Å²) in [5, 5.41) is 20.2. The number of ether oxygens (including phenoxy) is 3. The molecule has 0 aliphatic carbocycles. The topological polar surface area (TPSA) is 515 Å². The van der Waals surface area contributed by atoms with E-state index in [-0.39, 0.29) is 53.7 Å². The fourth-order valence-electron chi connectivity index (χ4n) is 5.21. The molecule has 0 bridgehead atoms. The lowest BCUT2D eigenvalue weighted by molar-refractivity contribution is -0.0226. The highest BCUT2D eigenvalue weighted by Gasteiger charge is 2.45. The van der Waals surface area contributed by atoms with Crippen molar-refractivity contribution >= 4 is 86.6 Å². The second kappa shape index (κ2) is 29.2. The zero-order chi connectivity index (χ0) is 51.1. The summed E-state index contributed by atoms with van der Waals surface area (Å²) in [4.78, 5) is 136. The zero-order valence-corrected chi connectivity index (χ0v) is 41.5. The largest absolute Gasteiger partial charge is 0.490 e. The van der Waals surface area contributed by atoms with Crippen LogP contribution in [0.2, 0.25) is 0 Å². The van der Waals surface area contributed by atoms with Crippen LogP contribution in [0.15, 0.2) is 31.6 Å². The van der Waals surface area contributed by atoms with Crippen molar-refractivity contribution < 1.29 is 122 Å². The Hall–Kier alpha value is -1.46. The molecule has 0 aromatic carbocycles. The number of H-pyrrole nitrogens is 2. The Morgan fingerprint density at radius 1 is 0.676 bits per heavy atom. The van der Waals surface area contributed by atoms with Gasteiger partial charge in [0.25, 0.3) is 11.1 Å². The Labute approximate surface area is 414 Å². The van der Waals surface area contributed by atoms with E-state index in [9.17, 15) is 71.4 Å². The van der Waals surface area contributed by atoms with Crippen molar-refractivity contribution in [2.45, 2.75) is 92.2 Å². The van der Waals surface area contributed by atoms with Crippen LogP contribution < -0.4 is 22.5 Å². The van der Waals surface area contributed by atoms with Gasteiger partial charge in [0.2, 0.25) is 0 Å². The molecular weight excluding hydrogens is 1150 g/mol. The van der Waals surface area contributed by atoms with Gasteiger partial charge in [-0.25, -0.2) is 50.3 Å². The molecule has 2 aliphatic rings. The highest BCUT2D eigenvalue weighted by atomic mass is 33.1. The molecule has 416 valence electrons. The standard InChI is InChI=1S/C14H23N2O16P3S2.C10H17N2O14P3S.4CH4/c1-7(6-37-36-2)29-14(20)16-4-8(12(18)15-13(16)19)10-3-9(17)11(30-10)5-28-34(24,25)32-35(26,27)31-33(21,22)23;1-30-12-3-5(9(14)11-10(12)15)7-2-6(13)8(24-7)4-23-28(19,20)26-29(21,22)25-27(16,17)18;;;;/h4,7,9-11,17H,3,5-6H2,1-2H3,(H,24,25)(H,26,27)(H,15,18,19)(H2,21,22,23);3,6-8,13H,2,4H2,1H3,(H,19,20)(H,21,22)(H,11,14,15)(H2,16,17,18);4*1H4/t7?,9?,10-,11-;6?,7-,8-;;;;/m11..../s1. The summed E-state index contributed by atoms with van der Waals surface area (Å²) >= 11 is 0.989. The molecule has 71 heavy (non-hydrogen) atoms. The lowest BCUT2D eigenvalue weighted by Gasteiger charge is -2.19. The molecule has 4 rings (SSSR count). The minimum Gasteiger partial charge on any atom is -0.445 e. The molecule has 7 unspecified atom stereocenters. The van der Waals surface area contributed by atoms with E-state index in [2.05, 4.69) is 31.3 Å². The van der Waals surface area contributed by atoms with Crippen LogP contribution in [0.3, 0.4) is 0 Å². The minimum atomic E-state index is -5.74. The number of aliphatic hydroxyl groups excluding tert-OH is 2. The first-order valence-corrected chi connectivity index (χ1v) is 30.4. The van der Waals surface area contributed by atoms with Crippen LogP contribution in [-0.2, 0) is 67.9 Å². The fourth-order valence-corrected chi connectivity index (χ4v) is 13.1. The van der Waals surface area contributed by atoms with Gasteiger partial charge >= 0.3 is 64.4 Å². The monoisotopic (exact) mass is 1210 g/mol. The molecule has 2 aliphatic heterocycles. The van der Waals surface area contributed by atoms with E-state index in [1.54, 1.807) is 13.2 Å². The fraction of sp³-hybridized carbons (Fsp3) is 0.679. The van der Waals surface area contributed by atoms with Crippen LogP contribution in [0.25, 0.3) is 0 Å². The van der Waals surface area contributed by atoms with Crippen LogP contribution >= 0.6 is 80.5 Å². The molecule has 2 aromatic rings. The van der Waals surface area contributed by atoms with Crippen molar-refractivity contribution in [2.24, 2.45) is 0 Å². The third-order valence-electron chi connectivity index (χ3n) is 7.80. The molecule has 0 saturated carbocycles. The average Bonchev–Trinajstić information content (AvgIpc) is 3.70. The quantitative estimate of drug-likeness (QED) is 0.0629. The van der Waals surface area contributed by atoms with E-state index in [1.807, 2.05) is 11.2 Å². The predicted octanol–water partition coefficient (Wildman–Crippen LogP) is 2.20. The molecule has 0 amide bonds. The second-order valence-electron chi connectivity index (χ2n) is 12.9. The van der Waals surface area contributed by atoms with Crippen LogP contribution in [-0.4, -0.2) is 136 Å². The van der Waals surface area contributed by atoms with Crippen molar-refractivity contribution in [2.75, 3.05) is 31.5 Å². The molecule has 4 heterocycles. The molecule has 2 fully saturated rings. The van der Waals surface area contributed by atoms with E-state index in [4.69, 9.17) is 43.6 Å². The van der Waals surface area contributed by atoms with Crippen molar-refractivity contribution in [3.63, 3.8) is 0 Å². The van der Waals surface area contributed by atoms with Gasteiger partial charge in [-0.2, -0.15) is 17.2 Å². The van der Waals surface area contributed by atoms with Gasteiger partial charge in [-0.3, -0.25) is 28.6 Å². The van der Waals surface area contributed by atoms with Crippen LogP contribution in [0, 0.1) is 0 Å². The number of hydrogen-bond acceptors (Lipinski definition) is 25. The molecule has 43 heteroatoms. The van der Waals surface area contributed by atoms with Crippen molar-refractivity contribution in [3.8, 4) is 0 Å². The number of carbonyl (C=O) groups is 1. The Kier molecular flexibility index (Phi) is 29.4. The first-order chi connectivity index (χ1) is 30.6. The van der Waals surface area contributed by atoms with E-state index in [0.29, 0.717) is 10.3 Å². The van der Waals surface area contributed by atoms with Gasteiger partial charge in [-0.15, -0.1) is 0 Å². The molecular formula is C28H56N4O30P6S3. The number of hydrogen-bond donors (Lipinski definition) is 12. The van der Waals surface area contributed by atoms with Gasteiger partial charge < -0.3 is 63.6 Å². The second-order valence-corrected chi connectivity index (χ2v) is 25.1. The Morgan fingerprint density at radius 2 is 1.07 bits per heavy atom.